The van der Waals surface area contributed by atoms with Crippen molar-refractivity contribution >= 4 is 40.0 Å². The molecule has 0 aromatic heterocycles. The average molecular weight is 641 g/mol. The van der Waals surface area contributed by atoms with Crippen LogP contribution in [0.1, 0.15) is 44.6 Å². The summed E-state index contributed by atoms with van der Waals surface area (Å²) in [5, 5.41) is 8.52. The van der Waals surface area contributed by atoms with E-state index in [0.29, 0.717) is 40.2 Å². The second kappa shape index (κ2) is 15.2. The van der Waals surface area contributed by atoms with Crippen LogP contribution >= 0.6 is 0 Å². The van der Waals surface area contributed by atoms with E-state index in [1.165, 1.54) is 30.7 Å². The number of dihydropyridines is 1. The van der Waals surface area contributed by atoms with Gasteiger partial charge in [0.1, 0.15) is 5.75 Å². The summed E-state index contributed by atoms with van der Waals surface area (Å²) in [6.07, 6.45) is 2.09. The van der Waals surface area contributed by atoms with Crippen molar-refractivity contribution in [1.82, 2.24) is 10.2 Å². The van der Waals surface area contributed by atoms with Crippen LogP contribution in [0.4, 0.5) is 11.4 Å². The zero-order chi connectivity index (χ0) is 33.5. The van der Waals surface area contributed by atoms with Crippen molar-refractivity contribution in [3.05, 3.63) is 88.8 Å². The van der Waals surface area contributed by atoms with Gasteiger partial charge in [-0.3, -0.25) is 9.69 Å². The minimum absolute atomic E-state index is 0.0801. The lowest BCUT2D eigenvalue weighted by Crippen LogP contribution is -2.46. The van der Waals surface area contributed by atoms with Gasteiger partial charge in [0.2, 0.25) is 5.91 Å². The van der Waals surface area contributed by atoms with Gasteiger partial charge in [0.05, 0.1) is 38.4 Å². The van der Waals surface area contributed by atoms with Crippen LogP contribution in [0.25, 0.3) is 10.8 Å². The van der Waals surface area contributed by atoms with E-state index in [1.807, 2.05) is 12.1 Å². The van der Waals surface area contributed by atoms with E-state index in [0.717, 1.165) is 51.3 Å². The number of carbonyl (C=O) groups excluding carboxylic acids is 3. The van der Waals surface area contributed by atoms with Crippen molar-refractivity contribution in [2.45, 2.75) is 39.0 Å². The van der Waals surface area contributed by atoms with Crippen molar-refractivity contribution in [3.8, 4) is 5.75 Å². The molecule has 10 heteroatoms. The first kappa shape index (κ1) is 33.5. The third-order valence-electron chi connectivity index (χ3n) is 8.98. The van der Waals surface area contributed by atoms with E-state index < -0.39 is 17.9 Å². The molecule has 0 aliphatic carbocycles. The number of methoxy groups -OCH3 is 3. The Morgan fingerprint density at radius 3 is 2.17 bits per heavy atom. The second-order valence-corrected chi connectivity index (χ2v) is 11.9. The predicted octanol–water partition coefficient (Wildman–Crippen LogP) is 5.36. The molecule has 0 atom stereocenters. The third-order valence-corrected chi connectivity index (χ3v) is 8.98. The molecule has 2 aliphatic heterocycles. The zero-order valence-corrected chi connectivity index (χ0v) is 27.9. The Bertz CT molecular complexity index is 1670. The molecule has 3 aromatic carbocycles. The summed E-state index contributed by atoms with van der Waals surface area (Å²) in [7, 11) is 4.32. The molecule has 47 heavy (non-hydrogen) atoms. The summed E-state index contributed by atoms with van der Waals surface area (Å²) in [5.74, 6) is -1.01. The molecule has 1 fully saturated rings. The fourth-order valence-corrected chi connectivity index (χ4v) is 6.58. The SMILES string of the molecule is COC(=O)C1=C(C)NC(C)=C(C(=O)OC)C1c1cccc(NC(=O)CCCCN2CCN(c3cccc4ccc(OC)cc34)CC2)c1. The number of carbonyl (C=O) groups is 3. The van der Waals surface area contributed by atoms with Gasteiger partial charge in [0.25, 0.3) is 0 Å². The number of hydrogen-bond donors (Lipinski definition) is 2. The number of esters is 2. The van der Waals surface area contributed by atoms with E-state index in [2.05, 4.69) is 50.8 Å². The fraction of sp³-hybridized carbons (Fsp3) is 0.378. The van der Waals surface area contributed by atoms with E-state index in [9.17, 15) is 14.4 Å². The number of nitrogens with one attached hydrogen (secondary N) is 2. The van der Waals surface area contributed by atoms with Gasteiger partial charge in [0.15, 0.2) is 0 Å². The number of unbranched alkanes of at least 4 members (excludes halogenated alkanes) is 1. The Balaban J connectivity index is 1.14. The van der Waals surface area contributed by atoms with Crippen molar-refractivity contribution in [1.29, 1.82) is 0 Å². The van der Waals surface area contributed by atoms with Gasteiger partial charge in [-0.25, -0.2) is 9.59 Å². The summed E-state index contributed by atoms with van der Waals surface area (Å²) in [5.41, 5.74) is 4.33. The molecule has 0 spiro atoms. The lowest BCUT2D eigenvalue weighted by Gasteiger charge is -2.36. The normalized spacial score (nSPS) is 15.8. The highest BCUT2D eigenvalue weighted by Crippen LogP contribution is 2.40. The Labute approximate surface area is 276 Å². The lowest BCUT2D eigenvalue weighted by atomic mass is 9.80. The van der Waals surface area contributed by atoms with Gasteiger partial charge in [-0.05, 0) is 74.5 Å². The Morgan fingerprint density at radius 2 is 1.51 bits per heavy atom. The average Bonchev–Trinajstić information content (AvgIpc) is 3.09. The predicted molar refractivity (Wildman–Crippen MR) is 183 cm³/mol. The maximum Gasteiger partial charge on any atom is 0.336 e. The lowest BCUT2D eigenvalue weighted by molar-refractivity contribution is -0.137. The minimum Gasteiger partial charge on any atom is -0.497 e. The Hall–Kier alpha value is -4.83. The number of amides is 1. The molecule has 2 N–H and O–H groups in total. The minimum atomic E-state index is -0.711. The molecule has 0 unspecified atom stereocenters. The van der Waals surface area contributed by atoms with E-state index >= 15 is 0 Å². The van der Waals surface area contributed by atoms with E-state index in [4.69, 9.17) is 14.2 Å². The van der Waals surface area contributed by atoms with E-state index in [1.54, 1.807) is 39.2 Å². The van der Waals surface area contributed by atoms with Crippen LogP contribution in [0.2, 0.25) is 0 Å². The summed E-state index contributed by atoms with van der Waals surface area (Å²) in [4.78, 5) is 43.5. The highest BCUT2D eigenvalue weighted by atomic mass is 16.5. The third kappa shape index (κ3) is 7.60. The van der Waals surface area contributed by atoms with Gasteiger partial charge in [-0.15, -0.1) is 0 Å². The number of piperazine rings is 1. The number of ether oxygens (including phenoxy) is 3. The van der Waals surface area contributed by atoms with Crippen LogP contribution in [0.15, 0.2) is 83.2 Å². The van der Waals surface area contributed by atoms with Gasteiger partial charge < -0.3 is 29.7 Å². The molecule has 5 rings (SSSR count). The van der Waals surface area contributed by atoms with Gasteiger partial charge in [-0.2, -0.15) is 0 Å². The fourth-order valence-electron chi connectivity index (χ4n) is 6.58. The molecule has 2 heterocycles. The maximum absolute atomic E-state index is 12.9. The highest BCUT2D eigenvalue weighted by Gasteiger charge is 2.37. The van der Waals surface area contributed by atoms with Gasteiger partial charge in [-0.1, -0.05) is 30.3 Å². The standard InChI is InChI=1S/C37H44N4O6/c1-24-33(36(43)46-4)35(34(25(2)38-24)37(44)47-5)27-11-8-12-28(22-27)39-32(42)14-6-7-17-40-18-20-41(21-19-40)31-13-9-10-26-15-16-29(45-3)23-30(26)31/h8-13,15-16,22-23,35,38H,6-7,14,17-21H2,1-5H3,(H,39,42). The molecule has 0 saturated carbocycles. The maximum atomic E-state index is 12.9. The molecule has 1 saturated heterocycles. The quantitative estimate of drug-likeness (QED) is 0.212. The number of hydrogen-bond acceptors (Lipinski definition) is 9. The van der Waals surface area contributed by atoms with E-state index in [-0.39, 0.29) is 5.91 Å². The van der Waals surface area contributed by atoms with Crippen LogP contribution in [0.5, 0.6) is 5.75 Å². The first-order valence-corrected chi connectivity index (χ1v) is 16.0. The molecule has 2 aliphatic rings. The van der Waals surface area contributed by atoms with Crippen molar-refractivity contribution in [2.24, 2.45) is 0 Å². The number of rotatable bonds is 11. The highest BCUT2D eigenvalue weighted by molar-refractivity contribution is 6.00. The van der Waals surface area contributed by atoms with Gasteiger partial charge in [0, 0.05) is 60.8 Å². The first-order chi connectivity index (χ1) is 22.7. The Morgan fingerprint density at radius 1 is 0.830 bits per heavy atom. The van der Waals surface area contributed by atoms with Crippen LogP contribution in [-0.4, -0.2) is 76.8 Å². The number of allylic oxidation sites excluding steroid dienone is 2. The number of benzene rings is 3. The molecule has 1 amide bonds. The van der Waals surface area contributed by atoms with Crippen molar-refractivity contribution in [3.63, 3.8) is 0 Å². The molecule has 3 aromatic rings. The van der Waals surface area contributed by atoms with Crippen LogP contribution < -0.4 is 20.3 Å². The number of fused-ring (bicyclic) bond motifs is 1. The monoisotopic (exact) mass is 640 g/mol. The smallest absolute Gasteiger partial charge is 0.336 e. The summed E-state index contributed by atoms with van der Waals surface area (Å²) >= 11 is 0. The van der Waals surface area contributed by atoms with Crippen LogP contribution in [-0.2, 0) is 23.9 Å². The van der Waals surface area contributed by atoms with Crippen molar-refractivity contribution < 1.29 is 28.6 Å². The zero-order valence-electron chi connectivity index (χ0n) is 27.9. The van der Waals surface area contributed by atoms with Gasteiger partial charge >= 0.3 is 11.9 Å². The molecular weight excluding hydrogens is 596 g/mol. The molecule has 10 nitrogen and oxygen atoms in total. The summed E-state index contributed by atoms with van der Waals surface area (Å²) < 4.78 is 15.6. The molecular formula is C37H44N4O6. The molecule has 0 radical (unpaired) electrons. The van der Waals surface area contributed by atoms with Crippen LogP contribution in [0.3, 0.4) is 0 Å². The summed E-state index contributed by atoms with van der Waals surface area (Å²) in [6.45, 7) is 8.32. The second-order valence-electron chi connectivity index (χ2n) is 11.9. The first-order valence-electron chi connectivity index (χ1n) is 16.0. The van der Waals surface area contributed by atoms with Crippen molar-refractivity contribution in [2.75, 3.05) is 64.3 Å². The molecule has 0 bridgehead atoms. The largest absolute Gasteiger partial charge is 0.497 e. The van der Waals surface area contributed by atoms with Crippen LogP contribution in [0, 0.1) is 0 Å². The number of anilines is 2. The summed E-state index contributed by atoms with van der Waals surface area (Å²) in [6, 6.07) is 19.9. The topological polar surface area (TPSA) is 109 Å². The Kier molecular flexibility index (Phi) is 10.8. The number of nitrogens with zero attached hydrogens (tertiary/aromatic N) is 2. The molecule has 248 valence electrons.